The van der Waals surface area contributed by atoms with Gasteiger partial charge in [0.25, 0.3) is 0 Å². The van der Waals surface area contributed by atoms with Crippen molar-refractivity contribution in [3.63, 3.8) is 0 Å². The molecule has 0 atom stereocenters. The highest BCUT2D eigenvalue weighted by molar-refractivity contribution is 7.13. The standard InChI is InChI=1S/C16H23N3OS/c1-2-9-19(14-5-7-17-8-6-14)11-13-12-20-16(18-13)15-4-3-10-21-15/h3-4,10,12,14,17H,2,5-9,11H2,1H3. The minimum absolute atomic E-state index is 0.674. The summed E-state index contributed by atoms with van der Waals surface area (Å²) in [6, 6.07) is 4.76. The molecule has 0 bridgehead atoms. The van der Waals surface area contributed by atoms with Crippen LogP contribution in [0.1, 0.15) is 31.9 Å². The van der Waals surface area contributed by atoms with Gasteiger partial charge in [0.1, 0.15) is 6.26 Å². The third-order valence-electron chi connectivity index (χ3n) is 3.98. The lowest BCUT2D eigenvalue weighted by molar-refractivity contribution is 0.152. The second kappa shape index (κ2) is 7.20. The SMILES string of the molecule is CCCN(Cc1coc(-c2cccs2)n1)C1CCNCC1. The first-order valence-corrected chi connectivity index (χ1v) is 8.68. The third kappa shape index (κ3) is 3.73. The van der Waals surface area contributed by atoms with Gasteiger partial charge < -0.3 is 9.73 Å². The first-order valence-electron chi connectivity index (χ1n) is 7.80. The molecule has 1 aliphatic heterocycles. The molecule has 1 fully saturated rings. The van der Waals surface area contributed by atoms with E-state index in [1.54, 1.807) is 11.3 Å². The van der Waals surface area contributed by atoms with E-state index in [9.17, 15) is 0 Å². The molecule has 0 amide bonds. The van der Waals surface area contributed by atoms with Gasteiger partial charge in [0.05, 0.1) is 10.6 Å². The maximum atomic E-state index is 5.64. The van der Waals surface area contributed by atoms with Gasteiger partial charge in [0.15, 0.2) is 0 Å². The minimum atomic E-state index is 0.674. The lowest BCUT2D eigenvalue weighted by Crippen LogP contribution is -2.43. The zero-order valence-corrected chi connectivity index (χ0v) is 13.4. The van der Waals surface area contributed by atoms with Crippen LogP contribution in [-0.4, -0.2) is 35.6 Å². The topological polar surface area (TPSA) is 41.3 Å². The predicted molar refractivity (Wildman–Crippen MR) is 86.4 cm³/mol. The van der Waals surface area contributed by atoms with E-state index >= 15 is 0 Å². The van der Waals surface area contributed by atoms with E-state index in [2.05, 4.69) is 33.6 Å². The normalized spacial score (nSPS) is 16.7. The van der Waals surface area contributed by atoms with Crippen molar-refractivity contribution >= 4 is 11.3 Å². The summed E-state index contributed by atoms with van der Waals surface area (Å²) < 4.78 is 5.64. The molecule has 1 saturated heterocycles. The van der Waals surface area contributed by atoms with Gasteiger partial charge >= 0.3 is 0 Å². The van der Waals surface area contributed by atoms with E-state index in [1.165, 1.54) is 19.3 Å². The fourth-order valence-electron chi connectivity index (χ4n) is 2.95. The average molecular weight is 305 g/mol. The smallest absolute Gasteiger partial charge is 0.236 e. The number of nitrogens with zero attached hydrogens (tertiary/aromatic N) is 2. The molecule has 0 aromatic carbocycles. The molecule has 2 aromatic heterocycles. The molecule has 0 saturated carbocycles. The summed E-state index contributed by atoms with van der Waals surface area (Å²) >= 11 is 1.67. The molecule has 1 aliphatic rings. The third-order valence-corrected chi connectivity index (χ3v) is 4.84. The quantitative estimate of drug-likeness (QED) is 0.888. The summed E-state index contributed by atoms with van der Waals surface area (Å²) in [6.07, 6.45) is 5.46. The number of oxazole rings is 1. The molecular formula is C16H23N3OS. The molecule has 21 heavy (non-hydrogen) atoms. The van der Waals surface area contributed by atoms with Crippen molar-refractivity contribution < 1.29 is 4.42 Å². The Balaban J connectivity index is 1.67. The number of thiophene rings is 1. The van der Waals surface area contributed by atoms with Gasteiger partial charge in [-0.25, -0.2) is 4.98 Å². The highest BCUT2D eigenvalue weighted by Crippen LogP contribution is 2.24. The van der Waals surface area contributed by atoms with E-state index in [4.69, 9.17) is 4.42 Å². The Labute approximate surface area is 130 Å². The zero-order chi connectivity index (χ0) is 14.5. The summed E-state index contributed by atoms with van der Waals surface area (Å²) in [6.45, 7) is 6.53. The number of hydrogen-bond donors (Lipinski definition) is 1. The number of piperidine rings is 1. The molecule has 0 radical (unpaired) electrons. The van der Waals surface area contributed by atoms with Gasteiger partial charge in [-0.1, -0.05) is 13.0 Å². The second-order valence-electron chi connectivity index (χ2n) is 5.57. The van der Waals surface area contributed by atoms with E-state index in [0.717, 1.165) is 42.6 Å². The Hall–Kier alpha value is -1.17. The summed E-state index contributed by atoms with van der Waals surface area (Å²) in [5.74, 6) is 0.752. The molecule has 114 valence electrons. The highest BCUT2D eigenvalue weighted by atomic mass is 32.1. The second-order valence-corrected chi connectivity index (χ2v) is 6.52. The van der Waals surface area contributed by atoms with Gasteiger partial charge in [-0.3, -0.25) is 4.90 Å². The number of nitrogens with one attached hydrogen (secondary N) is 1. The van der Waals surface area contributed by atoms with E-state index in [1.807, 2.05) is 12.3 Å². The monoisotopic (exact) mass is 305 g/mol. The number of rotatable bonds is 6. The molecule has 0 spiro atoms. The minimum Gasteiger partial charge on any atom is -0.444 e. The van der Waals surface area contributed by atoms with Crippen molar-refractivity contribution in [3.05, 3.63) is 29.5 Å². The van der Waals surface area contributed by atoms with Crippen LogP contribution in [0.15, 0.2) is 28.2 Å². The molecular weight excluding hydrogens is 282 g/mol. The van der Waals surface area contributed by atoms with Crippen LogP contribution in [-0.2, 0) is 6.54 Å². The first kappa shape index (κ1) is 14.8. The Kier molecular flexibility index (Phi) is 5.06. The van der Waals surface area contributed by atoms with Crippen molar-refractivity contribution in [2.75, 3.05) is 19.6 Å². The van der Waals surface area contributed by atoms with Gasteiger partial charge in [0.2, 0.25) is 5.89 Å². The zero-order valence-electron chi connectivity index (χ0n) is 12.5. The highest BCUT2D eigenvalue weighted by Gasteiger charge is 2.21. The van der Waals surface area contributed by atoms with Crippen molar-refractivity contribution in [3.8, 4) is 10.8 Å². The van der Waals surface area contributed by atoms with Crippen LogP contribution in [0.25, 0.3) is 10.8 Å². The van der Waals surface area contributed by atoms with Gasteiger partial charge in [-0.2, -0.15) is 0 Å². The maximum Gasteiger partial charge on any atom is 0.236 e. The lowest BCUT2D eigenvalue weighted by atomic mass is 10.0. The molecule has 3 heterocycles. The molecule has 0 unspecified atom stereocenters. The van der Waals surface area contributed by atoms with E-state index in [0.29, 0.717) is 6.04 Å². The van der Waals surface area contributed by atoms with Crippen LogP contribution in [0.5, 0.6) is 0 Å². The molecule has 0 aliphatic carbocycles. The molecule has 4 nitrogen and oxygen atoms in total. The first-order chi connectivity index (χ1) is 10.4. The Morgan fingerprint density at radius 2 is 2.29 bits per heavy atom. The Morgan fingerprint density at radius 3 is 3.00 bits per heavy atom. The largest absolute Gasteiger partial charge is 0.444 e. The van der Waals surface area contributed by atoms with Crippen LogP contribution >= 0.6 is 11.3 Å². The van der Waals surface area contributed by atoms with Crippen LogP contribution < -0.4 is 5.32 Å². The predicted octanol–water partition coefficient (Wildman–Crippen LogP) is 3.37. The fourth-order valence-corrected chi connectivity index (χ4v) is 3.61. The Bertz CT molecular complexity index is 531. The van der Waals surface area contributed by atoms with Gasteiger partial charge in [-0.05, 0) is 50.3 Å². The maximum absolute atomic E-state index is 5.64. The van der Waals surface area contributed by atoms with Gasteiger partial charge in [-0.15, -0.1) is 11.3 Å². The summed E-state index contributed by atoms with van der Waals surface area (Å²) in [5.41, 5.74) is 1.05. The number of aromatic nitrogens is 1. The Morgan fingerprint density at radius 1 is 1.43 bits per heavy atom. The lowest BCUT2D eigenvalue weighted by Gasteiger charge is -2.33. The van der Waals surface area contributed by atoms with Gasteiger partial charge in [0, 0.05) is 12.6 Å². The van der Waals surface area contributed by atoms with Crippen LogP contribution in [0, 0.1) is 0 Å². The molecule has 3 rings (SSSR count). The summed E-state index contributed by atoms with van der Waals surface area (Å²) in [4.78, 5) is 8.32. The fraction of sp³-hybridized carbons (Fsp3) is 0.562. The van der Waals surface area contributed by atoms with Crippen LogP contribution in [0.3, 0.4) is 0 Å². The van der Waals surface area contributed by atoms with Crippen molar-refractivity contribution in [2.45, 2.75) is 38.8 Å². The number of hydrogen-bond acceptors (Lipinski definition) is 5. The van der Waals surface area contributed by atoms with Crippen molar-refractivity contribution in [2.24, 2.45) is 0 Å². The molecule has 5 heteroatoms. The van der Waals surface area contributed by atoms with E-state index in [-0.39, 0.29) is 0 Å². The van der Waals surface area contributed by atoms with E-state index < -0.39 is 0 Å². The van der Waals surface area contributed by atoms with Crippen LogP contribution in [0.4, 0.5) is 0 Å². The average Bonchev–Trinajstić information content (AvgIpc) is 3.19. The van der Waals surface area contributed by atoms with Crippen molar-refractivity contribution in [1.82, 2.24) is 15.2 Å². The summed E-state index contributed by atoms with van der Waals surface area (Å²) in [5, 5.41) is 5.49. The summed E-state index contributed by atoms with van der Waals surface area (Å²) in [7, 11) is 0. The van der Waals surface area contributed by atoms with Crippen molar-refractivity contribution in [1.29, 1.82) is 0 Å². The molecule has 2 aromatic rings. The molecule has 1 N–H and O–H groups in total. The van der Waals surface area contributed by atoms with Crippen LogP contribution in [0.2, 0.25) is 0 Å².